The molecule has 1 amide bonds. The van der Waals surface area contributed by atoms with Gasteiger partial charge in [-0.2, -0.15) is 4.31 Å². The number of rotatable bonds is 9. The quantitative estimate of drug-likeness (QED) is 0.695. The Labute approximate surface area is 149 Å². The fourth-order valence-corrected chi connectivity index (χ4v) is 3.58. The SMILES string of the molecule is COc1ccccc1CCNC(=O)CN(CC1CCCO1)S(C)(=O)=O. The van der Waals surface area contributed by atoms with E-state index in [1.54, 1.807) is 7.11 Å². The number of methoxy groups -OCH3 is 1. The molecule has 1 fully saturated rings. The molecule has 1 saturated heterocycles. The van der Waals surface area contributed by atoms with Crippen LogP contribution in [0.4, 0.5) is 0 Å². The molecule has 140 valence electrons. The zero-order valence-electron chi connectivity index (χ0n) is 14.7. The molecule has 0 aromatic heterocycles. The Kier molecular flexibility index (Phi) is 7.22. The Bertz CT molecular complexity index is 671. The first kappa shape index (κ1) is 19.7. The van der Waals surface area contributed by atoms with Gasteiger partial charge in [0, 0.05) is 19.7 Å². The molecule has 8 heteroatoms. The molecule has 1 aliphatic rings. The van der Waals surface area contributed by atoms with Crippen LogP contribution in [0.1, 0.15) is 18.4 Å². The first-order valence-electron chi connectivity index (χ1n) is 8.35. The minimum Gasteiger partial charge on any atom is -0.496 e. The smallest absolute Gasteiger partial charge is 0.235 e. The maximum absolute atomic E-state index is 12.1. The van der Waals surface area contributed by atoms with Gasteiger partial charge in [-0.3, -0.25) is 4.79 Å². The second-order valence-corrected chi connectivity index (χ2v) is 8.08. The van der Waals surface area contributed by atoms with Gasteiger partial charge >= 0.3 is 0 Å². The molecule has 1 atom stereocenters. The number of ether oxygens (including phenoxy) is 2. The lowest BCUT2D eigenvalue weighted by atomic mass is 10.1. The Hall–Kier alpha value is -1.64. The van der Waals surface area contributed by atoms with Crippen molar-refractivity contribution in [1.29, 1.82) is 0 Å². The lowest BCUT2D eigenvalue weighted by molar-refractivity contribution is -0.121. The summed E-state index contributed by atoms with van der Waals surface area (Å²) in [5, 5.41) is 2.77. The number of para-hydroxylation sites is 1. The number of sulfonamides is 1. The zero-order valence-corrected chi connectivity index (χ0v) is 15.5. The van der Waals surface area contributed by atoms with Crippen LogP contribution in [0.2, 0.25) is 0 Å². The maximum atomic E-state index is 12.1. The average molecular weight is 370 g/mol. The number of carbonyl (C=O) groups is 1. The molecule has 0 saturated carbocycles. The third-order valence-corrected chi connectivity index (χ3v) is 5.35. The van der Waals surface area contributed by atoms with Gasteiger partial charge in [0.05, 0.1) is 26.0 Å². The van der Waals surface area contributed by atoms with Gasteiger partial charge in [0.25, 0.3) is 0 Å². The molecule has 0 aliphatic carbocycles. The van der Waals surface area contributed by atoms with Crippen molar-refractivity contribution >= 4 is 15.9 Å². The molecule has 1 aromatic rings. The van der Waals surface area contributed by atoms with Crippen LogP contribution in [0.5, 0.6) is 5.75 Å². The predicted octanol–water partition coefficient (Wildman–Crippen LogP) is 0.794. The molecule has 1 N–H and O–H groups in total. The molecular formula is C17H26N2O5S. The van der Waals surface area contributed by atoms with Gasteiger partial charge in [0.15, 0.2) is 0 Å². The summed E-state index contributed by atoms with van der Waals surface area (Å²) in [7, 11) is -1.86. The fourth-order valence-electron chi connectivity index (χ4n) is 2.79. The summed E-state index contributed by atoms with van der Waals surface area (Å²) in [6, 6.07) is 7.60. The highest BCUT2D eigenvalue weighted by molar-refractivity contribution is 7.88. The summed E-state index contributed by atoms with van der Waals surface area (Å²) in [6.45, 7) is 1.09. The maximum Gasteiger partial charge on any atom is 0.235 e. The Morgan fingerprint density at radius 3 is 2.80 bits per heavy atom. The number of hydrogen-bond donors (Lipinski definition) is 1. The molecule has 0 bridgehead atoms. The van der Waals surface area contributed by atoms with Crippen LogP contribution in [0.15, 0.2) is 24.3 Å². The summed E-state index contributed by atoms with van der Waals surface area (Å²) in [5.74, 6) is 0.450. The van der Waals surface area contributed by atoms with Crippen molar-refractivity contribution in [2.24, 2.45) is 0 Å². The van der Waals surface area contributed by atoms with Gasteiger partial charge < -0.3 is 14.8 Å². The van der Waals surface area contributed by atoms with Gasteiger partial charge in [-0.25, -0.2) is 8.42 Å². The number of carbonyl (C=O) groups excluding carboxylic acids is 1. The van der Waals surface area contributed by atoms with Gasteiger partial charge in [-0.1, -0.05) is 18.2 Å². The number of benzene rings is 1. The monoisotopic (exact) mass is 370 g/mol. The highest BCUT2D eigenvalue weighted by Gasteiger charge is 2.26. The number of nitrogens with one attached hydrogen (secondary N) is 1. The van der Waals surface area contributed by atoms with Crippen LogP contribution < -0.4 is 10.1 Å². The average Bonchev–Trinajstić information content (AvgIpc) is 3.07. The summed E-state index contributed by atoms with van der Waals surface area (Å²) in [4.78, 5) is 12.1. The highest BCUT2D eigenvalue weighted by atomic mass is 32.2. The minimum atomic E-state index is -3.46. The highest BCUT2D eigenvalue weighted by Crippen LogP contribution is 2.17. The van der Waals surface area contributed by atoms with Crippen molar-refractivity contribution in [3.63, 3.8) is 0 Å². The third kappa shape index (κ3) is 6.30. The van der Waals surface area contributed by atoms with Crippen molar-refractivity contribution in [3.05, 3.63) is 29.8 Å². The Morgan fingerprint density at radius 1 is 1.40 bits per heavy atom. The van der Waals surface area contributed by atoms with Crippen LogP contribution in [-0.4, -0.2) is 64.3 Å². The van der Waals surface area contributed by atoms with E-state index < -0.39 is 10.0 Å². The van der Waals surface area contributed by atoms with Gasteiger partial charge in [0.1, 0.15) is 5.75 Å². The fraction of sp³-hybridized carbons (Fsp3) is 0.588. The van der Waals surface area contributed by atoms with E-state index in [0.717, 1.165) is 30.4 Å². The largest absolute Gasteiger partial charge is 0.496 e. The second kappa shape index (κ2) is 9.17. The van der Waals surface area contributed by atoms with E-state index in [0.29, 0.717) is 19.6 Å². The van der Waals surface area contributed by atoms with Crippen molar-refractivity contribution in [3.8, 4) is 5.75 Å². The van der Waals surface area contributed by atoms with Gasteiger partial charge in [-0.05, 0) is 30.9 Å². The number of hydrogen-bond acceptors (Lipinski definition) is 5. The lowest BCUT2D eigenvalue weighted by Crippen LogP contribution is -2.44. The zero-order chi connectivity index (χ0) is 18.3. The van der Waals surface area contributed by atoms with Crippen LogP contribution in [-0.2, 0) is 26.0 Å². The first-order chi connectivity index (χ1) is 11.9. The number of nitrogens with zero attached hydrogens (tertiary/aromatic N) is 1. The molecule has 1 heterocycles. The normalized spacial score (nSPS) is 17.6. The van der Waals surface area contributed by atoms with Crippen molar-refractivity contribution in [2.45, 2.75) is 25.4 Å². The van der Waals surface area contributed by atoms with Gasteiger partial charge in [-0.15, -0.1) is 0 Å². The summed E-state index contributed by atoms with van der Waals surface area (Å²) in [6.07, 6.45) is 3.34. The summed E-state index contributed by atoms with van der Waals surface area (Å²) >= 11 is 0. The van der Waals surface area contributed by atoms with E-state index in [2.05, 4.69) is 5.32 Å². The molecule has 1 aromatic carbocycles. The van der Waals surface area contributed by atoms with Crippen LogP contribution >= 0.6 is 0 Å². The summed E-state index contributed by atoms with van der Waals surface area (Å²) < 4.78 is 35.7. The molecule has 0 radical (unpaired) electrons. The number of amides is 1. The van der Waals surface area contributed by atoms with E-state index in [1.165, 1.54) is 4.31 Å². The Balaban J connectivity index is 1.84. The first-order valence-corrected chi connectivity index (χ1v) is 10.2. The van der Waals surface area contributed by atoms with E-state index >= 15 is 0 Å². The summed E-state index contributed by atoms with van der Waals surface area (Å²) in [5.41, 5.74) is 0.990. The van der Waals surface area contributed by atoms with Crippen LogP contribution in [0.3, 0.4) is 0 Å². The third-order valence-electron chi connectivity index (χ3n) is 4.13. The molecule has 1 aliphatic heterocycles. The van der Waals surface area contributed by atoms with Crippen molar-refractivity contribution < 1.29 is 22.7 Å². The van der Waals surface area contributed by atoms with Crippen LogP contribution in [0, 0.1) is 0 Å². The second-order valence-electron chi connectivity index (χ2n) is 6.10. The molecular weight excluding hydrogens is 344 g/mol. The van der Waals surface area contributed by atoms with E-state index in [1.807, 2.05) is 24.3 Å². The van der Waals surface area contributed by atoms with Gasteiger partial charge in [0.2, 0.25) is 15.9 Å². The topological polar surface area (TPSA) is 84.9 Å². The predicted molar refractivity (Wildman–Crippen MR) is 95.1 cm³/mol. The Morgan fingerprint density at radius 2 is 2.16 bits per heavy atom. The van der Waals surface area contributed by atoms with E-state index in [-0.39, 0.29) is 25.1 Å². The van der Waals surface area contributed by atoms with E-state index in [4.69, 9.17) is 9.47 Å². The minimum absolute atomic E-state index is 0.129. The standard InChI is InChI=1S/C17H26N2O5S/c1-23-16-8-4-3-6-14(16)9-10-18-17(20)13-19(25(2,21)22)12-15-7-5-11-24-15/h3-4,6,8,15H,5,7,9-13H2,1-2H3,(H,18,20). The van der Waals surface area contributed by atoms with E-state index in [9.17, 15) is 13.2 Å². The van der Waals surface area contributed by atoms with Crippen LogP contribution in [0.25, 0.3) is 0 Å². The molecule has 7 nitrogen and oxygen atoms in total. The molecule has 1 unspecified atom stereocenters. The molecule has 2 rings (SSSR count). The lowest BCUT2D eigenvalue weighted by Gasteiger charge is -2.22. The van der Waals surface area contributed by atoms with Crippen molar-refractivity contribution in [1.82, 2.24) is 9.62 Å². The molecule has 0 spiro atoms. The molecule has 25 heavy (non-hydrogen) atoms. The van der Waals surface area contributed by atoms with Crippen molar-refractivity contribution in [2.75, 3.05) is 39.6 Å².